The maximum atomic E-state index is 13.5. The Morgan fingerprint density at radius 3 is 2.48 bits per heavy atom. The molecule has 144 valence electrons. The second kappa shape index (κ2) is 7.12. The molecule has 1 N–H and O–H groups in total. The number of nitrogens with zero attached hydrogens (tertiary/aromatic N) is 2. The van der Waals surface area contributed by atoms with Gasteiger partial charge in [-0.15, -0.1) is 0 Å². The Hall–Kier alpha value is -2.14. The Kier molecular flexibility index (Phi) is 4.81. The number of pyridine rings is 1. The van der Waals surface area contributed by atoms with Crippen molar-refractivity contribution < 1.29 is 9.90 Å². The van der Waals surface area contributed by atoms with Crippen LogP contribution < -0.4 is 5.56 Å². The molecule has 4 rings (SSSR count). The summed E-state index contributed by atoms with van der Waals surface area (Å²) in [6.07, 6.45) is 5.97. The van der Waals surface area contributed by atoms with E-state index in [-0.39, 0.29) is 17.0 Å². The smallest absolute Gasteiger partial charge is 0.336 e. The van der Waals surface area contributed by atoms with Crippen molar-refractivity contribution in [2.75, 3.05) is 7.05 Å². The van der Waals surface area contributed by atoms with Crippen molar-refractivity contribution in [2.24, 2.45) is 0 Å². The highest BCUT2D eigenvalue weighted by Crippen LogP contribution is 2.42. The zero-order chi connectivity index (χ0) is 19.1. The number of carboxylic acids is 1. The number of carboxylic acid groups (broad SMARTS) is 1. The van der Waals surface area contributed by atoms with Crippen LogP contribution in [0.4, 0.5) is 0 Å². The van der Waals surface area contributed by atoms with Crippen LogP contribution in [-0.4, -0.2) is 39.7 Å². The quantitative estimate of drug-likeness (QED) is 0.871. The van der Waals surface area contributed by atoms with Crippen molar-refractivity contribution >= 4 is 16.9 Å². The van der Waals surface area contributed by atoms with Crippen LogP contribution in [0.15, 0.2) is 29.1 Å². The fourth-order valence-corrected chi connectivity index (χ4v) is 5.22. The van der Waals surface area contributed by atoms with Crippen LogP contribution in [0.5, 0.6) is 0 Å². The Bertz CT molecular complexity index is 919. The molecule has 0 aliphatic carbocycles. The van der Waals surface area contributed by atoms with E-state index in [1.54, 1.807) is 0 Å². The summed E-state index contributed by atoms with van der Waals surface area (Å²) in [6, 6.07) is 8.40. The lowest BCUT2D eigenvalue weighted by Crippen LogP contribution is -2.41. The summed E-state index contributed by atoms with van der Waals surface area (Å²) < 4.78 is 1.82. The van der Waals surface area contributed by atoms with Crippen molar-refractivity contribution in [3.8, 4) is 0 Å². The second-order valence-electron chi connectivity index (χ2n) is 8.14. The monoisotopic (exact) mass is 368 g/mol. The summed E-state index contributed by atoms with van der Waals surface area (Å²) in [6.45, 7) is 2.75. The Labute approximate surface area is 159 Å². The van der Waals surface area contributed by atoms with Crippen molar-refractivity contribution in [1.29, 1.82) is 0 Å². The number of carbonyl (C=O) groups is 1. The largest absolute Gasteiger partial charge is 0.478 e. The van der Waals surface area contributed by atoms with Gasteiger partial charge in [-0.1, -0.05) is 31.5 Å². The van der Waals surface area contributed by atoms with E-state index in [9.17, 15) is 14.7 Å². The van der Waals surface area contributed by atoms with E-state index in [2.05, 4.69) is 18.9 Å². The lowest BCUT2D eigenvalue weighted by molar-refractivity contribution is 0.0695. The number of unbranched alkanes of at least 4 members (excludes halogenated alkanes) is 1. The lowest BCUT2D eigenvalue weighted by Gasteiger charge is -2.37. The number of aromatic nitrogens is 1. The molecule has 0 saturated carbocycles. The maximum absolute atomic E-state index is 13.5. The molecule has 3 heterocycles. The predicted molar refractivity (Wildman–Crippen MR) is 107 cm³/mol. The van der Waals surface area contributed by atoms with Crippen molar-refractivity contribution in [2.45, 2.75) is 70.0 Å². The predicted octanol–water partition coefficient (Wildman–Crippen LogP) is 3.84. The molecule has 0 amide bonds. The van der Waals surface area contributed by atoms with E-state index in [1.807, 2.05) is 28.8 Å². The number of fused-ring (bicyclic) bond motifs is 3. The van der Waals surface area contributed by atoms with Gasteiger partial charge >= 0.3 is 5.97 Å². The van der Waals surface area contributed by atoms with Crippen molar-refractivity contribution in [1.82, 2.24) is 9.47 Å². The summed E-state index contributed by atoms with van der Waals surface area (Å²) in [5.74, 6) is -0.943. The molecule has 2 bridgehead atoms. The highest BCUT2D eigenvalue weighted by molar-refractivity contribution is 6.04. The molecule has 0 radical (unpaired) electrons. The van der Waals surface area contributed by atoms with Gasteiger partial charge in [0.25, 0.3) is 5.56 Å². The zero-order valence-electron chi connectivity index (χ0n) is 16.1. The van der Waals surface area contributed by atoms with E-state index in [1.165, 1.54) is 0 Å². The molecule has 2 unspecified atom stereocenters. The molecule has 2 atom stereocenters. The van der Waals surface area contributed by atoms with Crippen LogP contribution >= 0.6 is 0 Å². The molecule has 1 aromatic heterocycles. The van der Waals surface area contributed by atoms with E-state index < -0.39 is 5.97 Å². The number of aromatic carboxylic acids is 1. The molecule has 2 fully saturated rings. The van der Waals surface area contributed by atoms with Crippen LogP contribution in [0.25, 0.3) is 10.9 Å². The molecular formula is C22H28N2O3. The van der Waals surface area contributed by atoms with E-state index >= 15 is 0 Å². The summed E-state index contributed by atoms with van der Waals surface area (Å²) in [4.78, 5) is 28.2. The summed E-state index contributed by atoms with van der Waals surface area (Å²) in [7, 11) is 2.16. The first-order valence-electron chi connectivity index (χ1n) is 10.1. The van der Waals surface area contributed by atoms with E-state index in [0.29, 0.717) is 29.6 Å². The number of piperidine rings is 1. The fraction of sp³-hybridized carbons (Fsp3) is 0.545. The van der Waals surface area contributed by atoms with Crippen LogP contribution in [0.3, 0.4) is 0 Å². The number of benzene rings is 1. The molecule has 2 aliphatic rings. The normalized spacial score (nSPS) is 25.2. The first kappa shape index (κ1) is 18.2. The summed E-state index contributed by atoms with van der Waals surface area (Å²) in [5, 5.41) is 10.7. The third-order valence-corrected chi connectivity index (χ3v) is 6.66. The molecule has 0 spiro atoms. The van der Waals surface area contributed by atoms with Crippen molar-refractivity contribution in [3.63, 3.8) is 0 Å². The van der Waals surface area contributed by atoms with Gasteiger partial charge in [0.15, 0.2) is 0 Å². The first-order chi connectivity index (χ1) is 13.0. The second-order valence-corrected chi connectivity index (χ2v) is 8.14. The van der Waals surface area contributed by atoms with Gasteiger partial charge in [0, 0.05) is 29.6 Å². The average molecular weight is 368 g/mol. The molecule has 2 aromatic rings. The Morgan fingerprint density at radius 1 is 1.19 bits per heavy atom. The van der Waals surface area contributed by atoms with Gasteiger partial charge < -0.3 is 14.6 Å². The van der Waals surface area contributed by atoms with Gasteiger partial charge in [-0.2, -0.15) is 0 Å². The Balaban J connectivity index is 1.93. The third-order valence-electron chi connectivity index (χ3n) is 6.66. The minimum atomic E-state index is -0.979. The first-order valence-corrected chi connectivity index (χ1v) is 10.1. The van der Waals surface area contributed by atoms with Gasteiger partial charge in [-0.3, -0.25) is 4.79 Å². The average Bonchev–Trinajstić information content (AvgIpc) is 2.87. The van der Waals surface area contributed by atoms with Crippen LogP contribution in [-0.2, 0) is 6.54 Å². The number of aryl methyl sites for hydroxylation is 1. The number of rotatable bonds is 5. The minimum Gasteiger partial charge on any atom is -0.478 e. The molecule has 5 nitrogen and oxygen atoms in total. The van der Waals surface area contributed by atoms with Gasteiger partial charge in [-0.05, 0) is 51.1 Å². The van der Waals surface area contributed by atoms with Crippen LogP contribution in [0.2, 0.25) is 0 Å². The molecule has 5 heteroatoms. The standard InChI is InChI=1S/C22H28N2O3/c1-3-4-11-24-18-8-6-5-7-17(18)20(22(26)27)19(21(24)25)14-12-15-9-10-16(13-14)23(15)2/h5-8,14-16H,3-4,9-13H2,1-2H3,(H,26,27). The highest BCUT2D eigenvalue weighted by Gasteiger charge is 2.41. The zero-order valence-corrected chi connectivity index (χ0v) is 16.1. The SMILES string of the molecule is CCCCn1c(=O)c(C2CC3CCC(C2)N3C)c(C(=O)O)c2ccccc21. The maximum Gasteiger partial charge on any atom is 0.336 e. The summed E-state index contributed by atoms with van der Waals surface area (Å²) >= 11 is 0. The number of para-hydroxylation sites is 1. The molecule has 27 heavy (non-hydrogen) atoms. The number of hydrogen-bond acceptors (Lipinski definition) is 3. The fourth-order valence-electron chi connectivity index (χ4n) is 5.22. The molecule has 2 saturated heterocycles. The van der Waals surface area contributed by atoms with E-state index in [4.69, 9.17) is 0 Å². The third kappa shape index (κ3) is 2.98. The molecule has 1 aromatic carbocycles. The number of hydrogen-bond donors (Lipinski definition) is 1. The topological polar surface area (TPSA) is 62.5 Å². The molecule has 2 aliphatic heterocycles. The highest BCUT2D eigenvalue weighted by atomic mass is 16.4. The minimum absolute atomic E-state index is 0.0368. The van der Waals surface area contributed by atoms with Crippen LogP contribution in [0, 0.1) is 0 Å². The lowest BCUT2D eigenvalue weighted by atomic mass is 9.82. The van der Waals surface area contributed by atoms with Gasteiger partial charge in [0.05, 0.1) is 11.1 Å². The van der Waals surface area contributed by atoms with Crippen molar-refractivity contribution in [3.05, 3.63) is 45.7 Å². The molecular weight excluding hydrogens is 340 g/mol. The van der Waals surface area contributed by atoms with Gasteiger partial charge in [0.2, 0.25) is 0 Å². The van der Waals surface area contributed by atoms with E-state index in [0.717, 1.165) is 44.0 Å². The van der Waals surface area contributed by atoms with Gasteiger partial charge in [0.1, 0.15) is 0 Å². The Morgan fingerprint density at radius 2 is 1.85 bits per heavy atom. The van der Waals surface area contributed by atoms with Crippen LogP contribution in [0.1, 0.15) is 67.3 Å². The summed E-state index contributed by atoms with van der Waals surface area (Å²) in [5.41, 5.74) is 1.43. The van der Waals surface area contributed by atoms with Gasteiger partial charge in [-0.25, -0.2) is 4.79 Å².